The minimum absolute atomic E-state index is 0.274. The zero-order valence-electron chi connectivity index (χ0n) is 10.7. The summed E-state index contributed by atoms with van der Waals surface area (Å²) in [7, 11) is 1.43. The van der Waals surface area contributed by atoms with Gasteiger partial charge in [0.2, 0.25) is 0 Å². The molecule has 2 nitrogen and oxygen atoms in total. The summed E-state index contributed by atoms with van der Waals surface area (Å²) < 4.78 is 31.7. The zero-order valence-corrected chi connectivity index (χ0v) is 10.7. The molecule has 0 aliphatic carbocycles. The Bertz CT molecular complexity index is 597. The van der Waals surface area contributed by atoms with E-state index in [4.69, 9.17) is 4.74 Å². The number of rotatable bonds is 3. The van der Waals surface area contributed by atoms with Crippen LogP contribution in [0.2, 0.25) is 0 Å². The Morgan fingerprint density at radius 3 is 2.21 bits per heavy atom. The van der Waals surface area contributed by atoms with Crippen LogP contribution in [0.25, 0.3) is 0 Å². The summed E-state index contributed by atoms with van der Waals surface area (Å²) in [4.78, 5) is 0. The molecule has 100 valence electrons. The molecular weight excluding hydrogens is 250 g/mol. The summed E-state index contributed by atoms with van der Waals surface area (Å²) in [6.45, 7) is 1.75. The van der Waals surface area contributed by atoms with Crippen molar-refractivity contribution in [2.75, 3.05) is 7.11 Å². The first kappa shape index (κ1) is 13.5. The van der Waals surface area contributed by atoms with Crippen LogP contribution in [0.1, 0.15) is 22.8 Å². The predicted octanol–water partition coefficient (Wildman–Crippen LogP) is 3.36. The van der Waals surface area contributed by atoms with E-state index >= 15 is 0 Å². The van der Waals surface area contributed by atoms with Crippen LogP contribution < -0.4 is 4.74 Å². The Balaban J connectivity index is 2.51. The molecule has 0 radical (unpaired) electrons. The minimum Gasteiger partial charge on any atom is -0.496 e. The zero-order chi connectivity index (χ0) is 14.0. The van der Waals surface area contributed by atoms with Crippen molar-refractivity contribution in [1.82, 2.24) is 0 Å². The standard InChI is InChI=1S/C15H14F2O2/c1-9-3-4-10(16)7-12(9)15(18)13-8-11(17)5-6-14(13)19-2/h3-8,15,18H,1-2H3. The number of hydrogen-bond acceptors (Lipinski definition) is 2. The molecule has 0 heterocycles. The molecule has 0 fully saturated rings. The van der Waals surface area contributed by atoms with Crippen LogP contribution in [-0.4, -0.2) is 12.2 Å². The third-order valence-corrected chi connectivity index (χ3v) is 3.02. The van der Waals surface area contributed by atoms with Gasteiger partial charge in [0, 0.05) is 5.56 Å². The lowest BCUT2D eigenvalue weighted by Gasteiger charge is -2.17. The van der Waals surface area contributed by atoms with Crippen molar-refractivity contribution in [3.8, 4) is 5.75 Å². The van der Waals surface area contributed by atoms with E-state index in [-0.39, 0.29) is 5.56 Å². The normalized spacial score (nSPS) is 12.3. The molecule has 1 atom stereocenters. The van der Waals surface area contributed by atoms with Gasteiger partial charge in [-0.2, -0.15) is 0 Å². The third kappa shape index (κ3) is 2.74. The monoisotopic (exact) mass is 264 g/mol. The fourth-order valence-corrected chi connectivity index (χ4v) is 1.99. The average molecular weight is 264 g/mol. The highest BCUT2D eigenvalue weighted by Crippen LogP contribution is 2.32. The number of aliphatic hydroxyl groups is 1. The predicted molar refractivity (Wildman–Crippen MR) is 68.2 cm³/mol. The first-order valence-corrected chi connectivity index (χ1v) is 5.80. The second-order valence-corrected chi connectivity index (χ2v) is 4.29. The van der Waals surface area contributed by atoms with Crippen LogP contribution in [-0.2, 0) is 0 Å². The fraction of sp³-hybridized carbons (Fsp3) is 0.200. The van der Waals surface area contributed by atoms with Crippen molar-refractivity contribution in [3.05, 3.63) is 64.7 Å². The maximum atomic E-state index is 13.3. The molecule has 19 heavy (non-hydrogen) atoms. The molecule has 1 N–H and O–H groups in total. The Labute approximate surface area is 110 Å². The molecule has 0 saturated heterocycles. The summed E-state index contributed by atoms with van der Waals surface area (Å²) in [6, 6.07) is 7.99. The van der Waals surface area contributed by atoms with E-state index in [2.05, 4.69) is 0 Å². The first-order chi connectivity index (χ1) is 9.02. The number of halogens is 2. The highest BCUT2D eigenvalue weighted by molar-refractivity contribution is 5.42. The summed E-state index contributed by atoms with van der Waals surface area (Å²) in [6.07, 6.45) is -1.14. The van der Waals surface area contributed by atoms with Gasteiger partial charge in [0.05, 0.1) is 7.11 Å². The summed E-state index contributed by atoms with van der Waals surface area (Å²) in [5.41, 5.74) is 1.39. The van der Waals surface area contributed by atoms with Crippen LogP contribution in [0.3, 0.4) is 0 Å². The maximum Gasteiger partial charge on any atom is 0.125 e. The van der Waals surface area contributed by atoms with Crippen molar-refractivity contribution in [1.29, 1.82) is 0 Å². The van der Waals surface area contributed by atoms with Gasteiger partial charge in [0.15, 0.2) is 0 Å². The highest BCUT2D eigenvalue weighted by atomic mass is 19.1. The van der Waals surface area contributed by atoms with E-state index in [0.717, 1.165) is 5.56 Å². The van der Waals surface area contributed by atoms with Gasteiger partial charge < -0.3 is 9.84 Å². The van der Waals surface area contributed by atoms with Crippen molar-refractivity contribution in [2.24, 2.45) is 0 Å². The van der Waals surface area contributed by atoms with Crippen LogP contribution in [0.5, 0.6) is 5.75 Å². The molecule has 1 unspecified atom stereocenters. The topological polar surface area (TPSA) is 29.5 Å². The number of aliphatic hydroxyl groups excluding tert-OH is 1. The van der Waals surface area contributed by atoms with Gasteiger partial charge in [-0.3, -0.25) is 0 Å². The van der Waals surface area contributed by atoms with Gasteiger partial charge in [0.1, 0.15) is 23.5 Å². The molecular formula is C15H14F2O2. The Morgan fingerprint density at radius 1 is 1.00 bits per heavy atom. The van der Waals surface area contributed by atoms with Crippen LogP contribution in [0.4, 0.5) is 8.78 Å². The Kier molecular flexibility index (Phi) is 3.81. The Morgan fingerprint density at radius 2 is 1.58 bits per heavy atom. The first-order valence-electron chi connectivity index (χ1n) is 5.80. The van der Waals surface area contributed by atoms with Gasteiger partial charge in [-0.05, 0) is 48.4 Å². The fourth-order valence-electron chi connectivity index (χ4n) is 1.99. The summed E-state index contributed by atoms with van der Waals surface area (Å²) in [5, 5.41) is 10.3. The van der Waals surface area contributed by atoms with Gasteiger partial charge in [-0.15, -0.1) is 0 Å². The van der Waals surface area contributed by atoms with Crippen molar-refractivity contribution < 1.29 is 18.6 Å². The molecule has 0 aromatic heterocycles. The average Bonchev–Trinajstić information content (AvgIpc) is 2.40. The van der Waals surface area contributed by atoms with Crippen LogP contribution in [0, 0.1) is 18.6 Å². The van der Waals surface area contributed by atoms with Crippen molar-refractivity contribution in [3.63, 3.8) is 0 Å². The van der Waals surface area contributed by atoms with E-state index in [1.54, 1.807) is 13.0 Å². The van der Waals surface area contributed by atoms with E-state index in [1.165, 1.54) is 37.4 Å². The number of aryl methyl sites for hydroxylation is 1. The largest absolute Gasteiger partial charge is 0.496 e. The molecule has 0 aliphatic heterocycles. The molecule has 2 aromatic carbocycles. The van der Waals surface area contributed by atoms with E-state index in [0.29, 0.717) is 11.3 Å². The number of ether oxygens (including phenoxy) is 1. The maximum absolute atomic E-state index is 13.3. The minimum atomic E-state index is -1.14. The lowest BCUT2D eigenvalue weighted by molar-refractivity contribution is 0.213. The molecule has 4 heteroatoms. The van der Waals surface area contributed by atoms with Gasteiger partial charge in [-0.1, -0.05) is 6.07 Å². The number of benzene rings is 2. The molecule has 0 spiro atoms. The third-order valence-electron chi connectivity index (χ3n) is 3.02. The molecule has 2 rings (SSSR count). The van der Waals surface area contributed by atoms with Gasteiger partial charge in [-0.25, -0.2) is 8.78 Å². The van der Waals surface area contributed by atoms with E-state index in [1.807, 2.05) is 0 Å². The summed E-state index contributed by atoms with van der Waals surface area (Å²) >= 11 is 0. The quantitative estimate of drug-likeness (QED) is 0.921. The summed E-state index contributed by atoms with van der Waals surface area (Å²) in [5.74, 6) is -0.573. The highest BCUT2D eigenvalue weighted by Gasteiger charge is 2.18. The van der Waals surface area contributed by atoms with Crippen LogP contribution in [0.15, 0.2) is 36.4 Å². The Hall–Kier alpha value is -1.94. The van der Waals surface area contributed by atoms with Gasteiger partial charge in [0.25, 0.3) is 0 Å². The second kappa shape index (κ2) is 5.36. The molecule has 0 bridgehead atoms. The van der Waals surface area contributed by atoms with E-state index < -0.39 is 17.7 Å². The number of hydrogen-bond donors (Lipinski definition) is 1. The van der Waals surface area contributed by atoms with E-state index in [9.17, 15) is 13.9 Å². The lowest BCUT2D eigenvalue weighted by atomic mass is 9.96. The van der Waals surface area contributed by atoms with Crippen molar-refractivity contribution >= 4 is 0 Å². The van der Waals surface area contributed by atoms with Crippen LogP contribution >= 0.6 is 0 Å². The molecule has 0 aliphatic rings. The number of methoxy groups -OCH3 is 1. The second-order valence-electron chi connectivity index (χ2n) is 4.29. The molecule has 0 amide bonds. The van der Waals surface area contributed by atoms with Gasteiger partial charge >= 0.3 is 0 Å². The molecule has 2 aromatic rings. The molecule has 0 saturated carbocycles. The smallest absolute Gasteiger partial charge is 0.125 e. The van der Waals surface area contributed by atoms with Crippen molar-refractivity contribution in [2.45, 2.75) is 13.0 Å². The lowest BCUT2D eigenvalue weighted by Crippen LogP contribution is -2.05. The SMILES string of the molecule is COc1ccc(F)cc1C(O)c1cc(F)ccc1C.